The second kappa shape index (κ2) is 7.84. The van der Waals surface area contributed by atoms with Crippen molar-refractivity contribution >= 4 is 17.1 Å². The third kappa shape index (κ3) is 3.83. The lowest BCUT2D eigenvalue weighted by Crippen LogP contribution is -2.43. The first kappa shape index (κ1) is 17.6. The minimum absolute atomic E-state index is 0.0661. The molecule has 1 aliphatic rings. The predicted molar refractivity (Wildman–Crippen MR) is 102 cm³/mol. The first-order valence-corrected chi connectivity index (χ1v) is 9.42. The molecule has 1 saturated heterocycles. The number of rotatable bonds is 5. The van der Waals surface area contributed by atoms with Gasteiger partial charge in [0.1, 0.15) is 5.52 Å². The third-order valence-corrected chi connectivity index (χ3v) is 4.86. The molecule has 2 aromatic heterocycles. The summed E-state index contributed by atoms with van der Waals surface area (Å²) in [5.41, 5.74) is 3.95. The number of amides is 1. The first-order valence-electron chi connectivity index (χ1n) is 9.42. The maximum absolute atomic E-state index is 12.8. The highest BCUT2D eigenvalue weighted by Crippen LogP contribution is 2.23. The maximum Gasteiger partial charge on any atom is 0.253 e. The number of H-pyrrole nitrogens is 1. The lowest BCUT2D eigenvalue weighted by atomic mass is 10.0. The lowest BCUT2D eigenvalue weighted by molar-refractivity contribution is 0.00211. The number of likely N-dealkylation sites (tertiary alicyclic amines) is 1. The fraction of sp³-hybridized carbons (Fsp3) is 0.400. The Morgan fingerprint density at radius 2 is 2.11 bits per heavy atom. The molecule has 0 bridgehead atoms. The van der Waals surface area contributed by atoms with Crippen LogP contribution in [0.2, 0.25) is 0 Å². The minimum Gasteiger partial charge on any atom is -0.376 e. The van der Waals surface area contributed by atoms with Crippen LogP contribution in [0, 0.1) is 0 Å². The molecule has 140 valence electrons. The number of ether oxygens (including phenoxy) is 1. The normalized spacial score (nSPS) is 17.4. The Balaban J connectivity index is 1.47. The van der Waals surface area contributed by atoms with Gasteiger partial charge in [0, 0.05) is 37.0 Å². The van der Waals surface area contributed by atoms with Crippen LogP contribution < -0.4 is 0 Å². The highest BCUT2D eigenvalue weighted by atomic mass is 16.5. The molecular formula is C20H23N5O2. The van der Waals surface area contributed by atoms with Gasteiger partial charge >= 0.3 is 0 Å². The summed E-state index contributed by atoms with van der Waals surface area (Å²) >= 11 is 0. The zero-order chi connectivity index (χ0) is 18.6. The van der Waals surface area contributed by atoms with Gasteiger partial charge in [0.25, 0.3) is 5.91 Å². The number of carbonyl (C=O) groups excluding carboxylic acids is 1. The molecule has 1 amide bonds. The van der Waals surface area contributed by atoms with Crippen LogP contribution >= 0.6 is 0 Å². The molecule has 1 N–H and O–H groups in total. The third-order valence-electron chi connectivity index (χ3n) is 4.86. The Labute approximate surface area is 157 Å². The summed E-state index contributed by atoms with van der Waals surface area (Å²) in [4.78, 5) is 19.0. The van der Waals surface area contributed by atoms with Gasteiger partial charge in [-0.15, -0.1) is 5.10 Å². The number of nitrogens with one attached hydrogen (secondary N) is 1. The second-order valence-electron chi connectivity index (χ2n) is 6.85. The molecule has 3 aromatic rings. The number of aromatic nitrogens is 4. The molecule has 0 saturated carbocycles. The molecule has 0 spiro atoms. The van der Waals surface area contributed by atoms with Gasteiger partial charge in [-0.2, -0.15) is 10.3 Å². The lowest BCUT2D eigenvalue weighted by Gasteiger charge is -2.32. The summed E-state index contributed by atoms with van der Waals surface area (Å²) in [5.74, 6) is 0.0661. The monoisotopic (exact) mass is 365 g/mol. The molecule has 4 rings (SSSR count). The van der Waals surface area contributed by atoms with Crippen LogP contribution in [0.1, 0.15) is 36.5 Å². The molecule has 0 unspecified atom stereocenters. The fourth-order valence-electron chi connectivity index (χ4n) is 3.43. The summed E-state index contributed by atoms with van der Waals surface area (Å²) in [5, 5.41) is 10.6. The van der Waals surface area contributed by atoms with Gasteiger partial charge in [-0.25, -0.2) is 4.98 Å². The van der Waals surface area contributed by atoms with E-state index in [2.05, 4.69) is 27.3 Å². The van der Waals surface area contributed by atoms with E-state index in [1.807, 2.05) is 35.2 Å². The minimum atomic E-state index is 0.0661. The Hall–Kier alpha value is -2.80. The van der Waals surface area contributed by atoms with Crippen LogP contribution in [0.3, 0.4) is 0 Å². The molecule has 0 radical (unpaired) electrons. The Morgan fingerprint density at radius 3 is 2.93 bits per heavy atom. The smallest absolute Gasteiger partial charge is 0.253 e. The first-order chi connectivity index (χ1) is 13.2. The van der Waals surface area contributed by atoms with Crippen molar-refractivity contribution in [2.45, 2.75) is 32.3 Å². The van der Waals surface area contributed by atoms with Crippen molar-refractivity contribution in [1.82, 2.24) is 25.3 Å². The molecule has 27 heavy (non-hydrogen) atoms. The van der Waals surface area contributed by atoms with Crippen LogP contribution in [-0.4, -0.2) is 57.0 Å². The molecule has 1 fully saturated rings. The number of hydrogen-bond acceptors (Lipinski definition) is 5. The number of nitrogens with zero attached hydrogens (tertiary/aromatic N) is 4. The van der Waals surface area contributed by atoms with E-state index in [1.165, 1.54) is 0 Å². The van der Waals surface area contributed by atoms with Gasteiger partial charge in [0.2, 0.25) is 5.65 Å². The van der Waals surface area contributed by atoms with E-state index in [4.69, 9.17) is 4.74 Å². The molecule has 7 nitrogen and oxygen atoms in total. The largest absolute Gasteiger partial charge is 0.376 e. The highest BCUT2D eigenvalue weighted by molar-refractivity contribution is 5.95. The Bertz CT molecular complexity index is 922. The van der Waals surface area contributed by atoms with E-state index in [9.17, 15) is 4.79 Å². The maximum atomic E-state index is 12.8. The standard InChI is InChI=1S/C20H23N5O2/c1-2-10-27-17-4-3-9-25(13-17)20(26)15-7-5-14(6-8-15)16-11-18-19(21-12-16)23-24-22-18/h5-8,11-12,17H,2-4,9-10,13H2,1H3,(H,21,22,23,24)/t17-/m1/s1. The molecule has 7 heteroatoms. The summed E-state index contributed by atoms with van der Waals surface area (Å²) in [6.45, 7) is 4.32. The Morgan fingerprint density at radius 1 is 1.26 bits per heavy atom. The van der Waals surface area contributed by atoms with Crippen molar-refractivity contribution in [2.24, 2.45) is 0 Å². The number of carbonyl (C=O) groups is 1. The van der Waals surface area contributed by atoms with Gasteiger partial charge in [0.15, 0.2) is 0 Å². The van der Waals surface area contributed by atoms with Crippen LogP contribution in [0.5, 0.6) is 0 Å². The van der Waals surface area contributed by atoms with Crippen LogP contribution in [0.25, 0.3) is 22.3 Å². The highest BCUT2D eigenvalue weighted by Gasteiger charge is 2.24. The van der Waals surface area contributed by atoms with Crippen molar-refractivity contribution in [3.63, 3.8) is 0 Å². The Kier molecular flexibility index (Phi) is 5.11. The van der Waals surface area contributed by atoms with Crippen molar-refractivity contribution in [1.29, 1.82) is 0 Å². The molecule has 1 aliphatic heterocycles. The fourth-order valence-corrected chi connectivity index (χ4v) is 3.43. The predicted octanol–water partition coefficient (Wildman–Crippen LogP) is 3.05. The summed E-state index contributed by atoms with van der Waals surface area (Å²) in [7, 11) is 0. The molecular weight excluding hydrogens is 342 g/mol. The molecule has 1 aromatic carbocycles. The van der Waals surface area contributed by atoms with Gasteiger partial charge in [0.05, 0.1) is 6.10 Å². The number of benzene rings is 1. The molecule has 0 aliphatic carbocycles. The van der Waals surface area contributed by atoms with Crippen molar-refractivity contribution in [3.05, 3.63) is 42.1 Å². The van der Waals surface area contributed by atoms with E-state index in [-0.39, 0.29) is 12.0 Å². The number of pyridine rings is 1. The number of piperidine rings is 1. The molecule has 3 heterocycles. The van der Waals surface area contributed by atoms with E-state index < -0.39 is 0 Å². The quantitative estimate of drug-likeness (QED) is 0.751. The summed E-state index contributed by atoms with van der Waals surface area (Å²) in [6.07, 6.45) is 4.94. The zero-order valence-electron chi connectivity index (χ0n) is 15.4. The van der Waals surface area contributed by atoms with Crippen molar-refractivity contribution < 1.29 is 9.53 Å². The summed E-state index contributed by atoms with van der Waals surface area (Å²) < 4.78 is 5.84. The van der Waals surface area contributed by atoms with Crippen LogP contribution in [0.15, 0.2) is 36.5 Å². The van der Waals surface area contributed by atoms with E-state index in [1.54, 1.807) is 6.20 Å². The van der Waals surface area contributed by atoms with Crippen molar-refractivity contribution in [2.75, 3.05) is 19.7 Å². The number of hydrogen-bond donors (Lipinski definition) is 1. The second-order valence-corrected chi connectivity index (χ2v) is 6.85. The zero-order valence-corrected chi connectivity index (χ0v) is 15.4. The average Bonchev–Trinajstić information content (AvgIpc) is 3.20. The van der Waals surface area contributed by atoms with Crippen LogP contribution in [-0.2, 0) is 4.74 Å². The van der Waals surface area contributed by atoms with Gasteiger partial charge in [-0.1, -0.05) is 19.1 Å². The van der Waals surface area contributed by atoms with Crippen LogP contribution in [0.4, 0.5) is 0 Å². The summed E-state index contributed by atoms with van der Waals surface area (Å²) in [6, 6.07) is 9.58. The average molecular weight is 365 g/mol. The van der Waals surface area contributed by atoms with Gasteiger partial charge < -0.3 is 9.64 Å². The molecule has 1 atom stereocenters. The number of fused-ring (bicyclic) bond motifs is 1. The topological polar surface area (TPSA) is 84.0 Å². The van der Waals surface area contributed by atoms with Gasteiger partial charge in [-0.3, -0.25) is 4.79 Å². The van der Waals surface area contributed by atoms with E-state index in [0.717, 1.165) is 49.1 Å². The number of aromatic amines is 1. The van der Waals surface area contributed by atoms with E-state index >= 15 is 0 Å². The SMILES string of the molecule is CCCO[C@@H]1CCCN(C(=O)c2ccc(-c3cnc4n[nH]nc4c3)cc2)C1. The van der Waals surface area contributed by atoms with E-state index in [0.29, 0.717) is 17.8 Å². The van der Waals surface area contributed by atoms with Gasteiger partial charge in [-0.05, 0) is 43.0 Å². The van der Waals surface area contributed by atoms with Crippen molar-refractivity contribution in [3.8, 4) is 11.1 Å².